The number of hydrogen-bond donors (Lipinski definition) is 3. The minimum atomic E-state index is 0.302. The summed E-state index contributed by atoms with van der Waals surface area (Å²) < 4.78 is 5.56. The molecule has 4 N–H and O–H groups in total. The molecule has 0 radical (unpaired) electrons. The van der Waals surface area contributed by atoms with Crippen molar-refractivity contribution in [3.8, 4) is 0 Å². The molecule has 0 bridgehead atoms. The number of rotatable bonds is 5. The summed E-state index contributed by atoms with van der Waals surface area (Å²) >= 11 is 0. The van der Waals surface area contributed by atoms with Gasteiger partial charge >= 0.3 is 0 Å². The lowest BCUT2D eigenvalue weighted by atomic mass is 9.83. The van der Waals surface area contributed by atoms with Gasteiger partial charge in [-0.3, -0.25) is 0 Å². The first-order chi connectivity index (χ1) is 8.85. The van der Waals surface area contributed by atoms with Gasteiger partial charge < -0.3 is 20.9 Å². The number of aliphatic hydroxyl groups excluding tert-OH is 1. The van der Waals surface area contributed by atoms with Crippen molar-refractivity contribution in [2.24, 2.45) is 17.6 Å². The first-order valence-corrected chi connectivity index (χ1v) is 7.50. The van der Waals surface area contributed by atoms with Gasteiger partial charge in [0.2, 0.25) is 0 Å². The van der Waals surface area contributed by atoms with E-state index in [-0.39, 0.29) is 0 Å². The molecule has 2 aliphatic rings. The molecular weight excluding hydrogens is 228 g/mol. The van der Waals surface area contributed by atoms with E-state index < -0.39 is 0 Å². The first-order valence-electron chi connectivity index (χ1n) is 7.50. The molecule has 4 atom stereocenters. The van der Waals surface area contributed by atoms with E-state index in [1.165, 1.54) is 25.7 Å². The minimum Gasteiger partial charge on any atom is -0.396 e. The van der Waals surface area contributed by atoms with Crippen LogP contribution in [0.4, 0.5) is 0 Å². The highest BCUT2D eigenvalue weighted by atomic mass is 16.5. The fraction of sp³-hybridized carbons (Fsp3) is 1.00. The molecular formula is C14H28N2O2. The zero-order valence-corrected chi connectivity index (χ0v) is 11.3. The van der Waals surface area contributed by atoms with Crippen LogP contribution in [0.15, 0.2) is 0 Å². The summed E-state index contributed by atoms with van der Waals surface area (Å²) in [7, 11) is 0. The second-order valence-electron chi connectivity index (χ2n) is 5.82. The van der Waals surface area contributed by atoms with Crippen LogP contribution >= 0.6 is 0 Å². The Morgan fingerprint density at radius 2 is 2.06 bits per heavy atom. The average molecular weight is 256 g/mol. The van der Waals surface area contributed by atoms with E-state index in [4.69, 9.17) is 10.5 Å². The van der Waals surface area contributed by atoms with Crippen molar-refractivity contribution in [1.29, 1.82) is 0 Å². The van der Waals surface area contributed by atoms with Gasteiger partial charge in [0.15, 0.2) is 0 Å². The van der Waals surface area contributed by atoms with E-state index in [0.29, 0.717) is 37.1 Å². The van der Waals surface area contributed by atoms with Crippen LogP contribution in [0, 0.1) is 11.8 Å². The lowest BCUT2D eigenvalue weighted by molar-refractivity contribution is 0.0338. The molecule has 2 rings (SSSR count). The van der Waals surface area contributed by atoms with Crippen LogP contribution in [-0.2, 0) is 4.74 Å². The summed E-state index contributed by atoms with van der Waals surface area (Å²) in [6, 6.07) is 0.793. The zero-order chi connectivity index (χ0) is 12.8. The molecule has 0 amide bonds. The Kier molecular flexibility index (Phi) is 5.89. The van der Waals surface area contributed by atoms with Crippen LogP contribution in [0.3, 0.4) is 0 Å². The highest BCUT2D eigenvalue weighted by Gasteiger charge is 2.30. The van der Waals surface area contributed by atoms with E-state index in [9.17, 15) is 5.11 Å². The van der Waals surface area contributed by atoms with Crippen LogP contribution in [-0.4, -0.2) is 43.6 Å². The van der Waals surface area contributed by atoms with Gasteiger partial charge in [0.05, 0.1) is 6.61 Å². The Balaban J connectivity index is 1.87. The number of aliphatic hydroxyl groups is 1. The summed E-state index contributed by atoms with van der Waals surface area (Å²) in [5.41, 5.74) is 5.93. The Morgan fingerprint density at radius 3 is 2.72 bits per heavy atom. The highest BCUT2D eigenvalue weighted by Crippen LogP contribution is 2.26. The Morgan fingerprint density at radius 1 is 1.22 bits per heavy atom. The molecule has 0 aromatic rings. The standard InChI is InChI=1S/C14H28N2O2/c15-8-14(12-5-3-7-18-10-12)16-13-6-2-1-4-11(13)9-17/h11-14,16-17H,1-10,15H2. The Hall–Kier alpha value is -0.160. The lowest BCUT2D eigenvalue weighted by Crippen LogP contribution is -2.52. The van der Waals surface area contributed by atoms with Gasteiger partial charge in [-0.25, -0.2) is 0 Å². The number of nitrogens with one attached hydrogen (secondary N) is 1. The van der Waals surface area contributed by atoms with Crippen molar-refractivity contribution in [2.75, 3.05) is 26.4 Å². The zero-order valence-electron chi connectivity index (χ0n) is 11.3. The summed E-state index contributed by atoms with van der Waals surface area (Å²) in [4.78, 5) is 0. The van der Waals surface area contributed by atoms with Gasteiger partial charge in [-0.1, -0.05) is 12.8 Å². The summed E-state index contributed by atoms with van der Waals surface area (Å²) in [5.74, 6) is 0.960. The van der Waals surface area contributed by atoms with Crippen molar-refractivity contribution >= 4 is 0 Å². The normalized spacial score (nSPS) is 35.3. The van der Waals surface area contributed by atoms with Crippen molar-refractivity contribution in [2.45, 2.75) is 50.6 Å². The molecule has 1 saturated heterocycles. The summed E-state index contributed by atoms with van der Waals surface area (Å²) in [6.07, 6.45) is 7.21. The van der Waals surface area contributed by atoms with Gasteiger partial charge in [0.25, 0.3) is 0 Å². The predicted octanol–water partition coefficient (Wildman–Crippen LogP) is 0.881. The molecule has 0 aromatic heterocycles. The van der Waals surface area contributed by atoms with Gasteiger partial charge in [-0.15, -0.1) is 0 Å². The molecule has 1 aliphatic carbocycles. The fourth-order valence-electron chi connectivity index (χ4n) is 3.40. The van der Waals surface area contributed by atoms with Crippen LogP contribution < -0.4 is 11.1 Å². The van der Waals surface area contributed by atoms with Gasteiger partial charge in [0.1, 0.15) is 0 Å². The third-order valence-corrected chi connectivity index (χ3v) is 4.59. The largest absolute Gasteiger partial charge is 0.396 e. The van der Waals surface area contributed by atoms with Gasteiger partial charge in [-0.2, -0.15) is 0 Å². The molecule has 0 spiro atoms. The van der Waals surface area contributed by atoms with E-state index >= 15 is 0 Å². The second kappa shape index (κ2) is 7.43. The fourth-order valence-corrected chi connectivity index (χ4v) is 3.40. The molecule has 1 heterocycles. The first kappa shape index (κ1) is 14.3. The van der Waals surface area contributed by atoms with E-state index in [1.807, 2.05) is 0 Å². The molecule has 1 saturated carbocycles. The Bertz CT molecular complexity index is 232. The summed E-state index contributed by atoms with van der Waals surface area (Å²) in [5, 5.41) is 13.2. The van der Waals surface area contributed by atoms with Crippen LogP contribution in [0.2, 0.25) is 0 Å². The third kappa shape index (κ3) is 3.67. The van der Waals surface area contributed by atoms with E-state index in [0.717, 1.165) is 26.1 Å². The average Bonchev–Trinajstić information content (AvgIpc) is 2.46. The maximum Gasteiger partial charge on any atom is 0.0509 e. The molecule has 4 nitrogen and oxygen atoms in total. The molecule has 4 heteroatoms. The second-order valence-corrected chi connectivity index (χ2v) is 5.82. The molecule has 106 valence electrons. The predicted molar refractivity (Wildman–Crippen MR) is 72.4 cm³/mol. The maximum atomic E-state index is 9.46. The van der Waals surface area contributed by atoms with Gasteiger partial charge in [-0.05, 0) is 37.5 Å². The van der Waals surface area contributed by atoms with Crippen LogP contribution in [0.25, 0.3) is 0 Å². The molecule has 18 heavy (non-hydrogen) atoms. The monoisotopic (exact) mass is 256 g/mol. The molecule has 4 unspecified atom stereocenters. The van der Waals surface area contributed by atoms with Crippen molar-refractivity contribution in [1.82, 2.24) is 5.32 Å². The van der Waals surface area contributed by atoms with Crippen molar-refractivity contribution in [3.05, 3.63) is 0 Å². The summed E-state index contributed by atoms with van der Waals surface area (Å²) in [6.45, 7) is 2.71. The molecule has 0 aromatic carbocycles. The van der Waals surface area contributed by atoms with E-state index in [1.54, 1.807) is 0 Å². The topological polar surface area (TPSA) is 67.5 Å². The van der Waals surface area contributed by atoms with Crippen molar-refractivity contribution < 1.29 is 9.84 Å². The smallest absolute Gasteiger partial charge is 0.0509 e. The number of hydrogen-bond acceptors (Lipinski definition) is 4. The van der Waals surface area contributed by atoms with Crippen LogP contribution in [0.5, 0.6) is 0 Å². The number of ether oxygens (including phenoxy) is 1. The molecule has 2 fully saturated rings. The highest BCUT2D eigenvalue weighted by molar-refractivity contribution is 4.87. The van der Waals surface area contributed by atoms with Crippen molar-refractivity contribution in [3.63, 3.8) is 0 Å². The van der Waals surface area contributed by atoms with E-state index in [2.05, 4.69) is 5.32 Å². The van der Waals surface area contributed by atoms with Gasteiger partial charge in [0, 0.05) is 31.8 Å². The van der Waals surface area contributed by atoms with Crippen LogP contribution in [0.1, 0.15) is 38.5 Å². The minimum absolute atomic E-state index is 0.302. The Labute approximate surface area is 110 Å². The molecule has 1 aliphatic heterocycles. The third-order valence-electron chi connectivity index (χ3n) is 4.59. The number of nitrogens with two attached hydrogens (primary N) is 1. The SMILES string of the molecule is NCC(NC1CCCCC1CO)C1CCCOC1. The lowest BCUT2D eigenvalue weighted by Gasteiger charge is -2.37. The maximum absolute atomic E-state index is 9.46. The quantitative estimate of drug-likeness (QED) is 0.683.